The molecule has 0 radical (unpaired) electrons. The second kappa shape index (κ2) is 11.9. The Bertz CT molecular complexity index is 3530. The predicted molar refractivity (Wildman–Crippen MR) is 229 cm³/mol. The molecule has 0 aliphatic heterocycles. The molecule has 0 saturated heterocycles. The van der Waals surface area contributed by atoms with Crippen molar-refractivity contribution in [2.24, 2.45) is 0 Å². The van der Waals surface area contributed by atoms with Crippen LogP contribution in [0.2, 0.25) is 0 Å². The molecule has 12 rings (SSSR count). The minimum absolute atomic E-state index is 0.563. The molecule has 0 amide bonds. The summed E-state index contributed by atoms with van der Waals surface area (Å²) >= 11 is 0. The molecule has 5 heteroatoms. The van der Waals surface area contributed by atoms with E-state index in [0.717, 1.165) is 82.5 Å². The van der Waals surface area contributed by atoms with Gasteiger partial charge in [0.2, 0.25) is 0 Å². The Hall–Kier alpha value is -7.63. The van der Waals surface area contributed by atoms with Gasteiger partial charge in [-0.25, -0.2) is 15.0 Å². The Labute approximate surface area is 320 Å². The molecule has 0 aliphatic carbocycles. The smallest absolute Gasteiger partial charge is 0.164 e. The summed E-state index contributed by atoms with van der Waals surface area (Å²) < 4.78 is 13.0. The Kier molecular flexibility index (Phi) is 6.56. The maximum Gasteiger partial charge on any atom is 0.164 e. The lowest BCUT2D eigenvalue weighted by atomic mass is 9.92. The number of nitrogens with zero attached hydrogens (tertiary/aromatic N) is 3. The van der Waals surface area contributed by atoms with Gasteiger partial charge in [-0.05, 0) is 74.3 Å². The van der Waals surface area contributed by atoms with E-state index in [0.29, 0.717) is 17.5 Å². The summed E-state index contributed by atoms with van der Waals surface area (Å²) in [7, 11) is 0. The number of furan rings is 2. The molecule has 0 N–H and O–H groups in total. The Morgan fingerprint density at radius 2 is 0.857 bits per heavy atom. The third-order valence-corrected chi connectivity index (χ3v) is 11.1. The molecule has 0 fully saturated rings. The van der Waals surface area contributed by atoms with Gasteiger partial charge in [-0.1, -0.05) is 140 Å². The van der Waals surface area contributed by atoms with E-state index in [1.807, 2.05) is 48.5 Å². The van der Waals surface area contributed by atoms with Gasteiger partial charge in [0, 0.05) is 43.8 Å². The van der Waals surface area contributed by atoms with Crippen molar-refractivity contribution in [2.75, 3.05) is 0 Å². The predicted octanol–water partition coefficient (Wildman–Crippen LogP) is 13.8. The van der Waals surface area contributed by atoms with E-state index in [4.69, 9.17) is 23.8 Å². The van der Waals surface area contributed by atoms with Crippen LogP contribution < -0.4 is 0 Å². The van der Waals surface area contributed by atoms with Gasteiger partial charge in [0.05, 0.1) is 0 Å². The Balaban J connectivity index is 1.21. The van der Waals surface area contributed by atoms with Crippen LogP contribution in [0.15, 0.2) is 185 Å². The lowest BCUT2D eigenvalue weighted by Crippen LogP contribution is -2.01. The SMILES string of the molecule is c1ccc(-c2ccc(-c3nc(-c4cc5ccccc5c5c4ccc4ccccc45)nc(-c4cccc5oc6ccccc6c45)n3)c3c2oc2ccccc23)cc1. The molecule has 0 unspecified atom stereocenters. The zero-order valence-electron chi connectivity index (χ0n) is 29.9. The van der Waals surface area contributed by atoms with Gasteiger partial charge in [0.1, 0.15) is 22.3 Å². The average Bonchev–Trinajstić information content (AvgIpc) is 3.85. The van der Waals surface area contributed by atoms with Gasteiger partial charge in [0.15, 0.2) is 17.5 Å². The van der Waals surface area contributed by atoms with E-state index in [2.05, 4.69) is 127 Å². The first kappa shape index (κ1) is 30.8. The molecular formula is C51H29N3O2. The lowest BCUT2D eigenvalue weighted by Gasteiger charge is -2.15. The molecule has 3 heterocycles. The van der Waals surface area contributed by atoms with Crippen LogP contribution in [0.1, 0.15) is 0 Å². The average molecular weight is 716 g/mol. The molecule has 0 spiro atoms. The summed E-state index contributed by atoms with van der Waals surface area (Å²) in [6, 6.07) is 60.9. The highest BCUT2D eigenvalue weighted by Crippen LogP contribution is 2.44. The molecular weight excluding hydrogens is 687 g/mol. The second-order valence-corrected chi connectivity index (χ2v) is 14.3. The summed E-state index contributed by atoms with van der Waals surface area (Å²) in [5.74, 6) is 1.72. The largest absolute Gasteiger partial charge is 0.456 e. The molecule has 9 aromatic carbocycles. The molecule has 12 aromatic rings. The van der Waals surface area contributed by atoms with Crippen molar-refractivity contribution in [3.63, 3.8) is 0 Å². The highest BCUT2D eigenvalue weighted by atomic mass is 16.3. The van der Waals surface area contributed by atoms with E-state index in [1.165, 1.54) is 21.5 Å². The molecule has 260 valence electrons. The Morgan fingerprint density at radius 3 is 1.62 bits per heavy atom. The fourth-order valence-electron chi connectivity index (χ4n) is 8.61. The normalized spacial score (nSPS) is 11.9. The van der Waals surface area contributed by atoms with Gasteiger partial charge in [-0.3, -0.25) is 0 Å². The molecule has 3 aromatic heterocycles. The van der Waals surface area contributed by atoms with Gasteiger partial charge in [0.25, 0.3) is 0 Å². The van der Waals surface area contributed by atoms with E-state index in [1.54, 1.807) is 0 Å². The van der Waals surface area contributed by atoms with Crippen LogP contribution in [0.5, 0.6) is 0 Å². The number of hydrogen-bond acceptors (Lipinski definition) is 5. The highest BCUT2D eigenvalue weighted by Gasteiger charge is 2.23. The van der Waals surface area contributed by atoms with E-state index < -0.39 is 0 Å². The van der Waals surface area contributed by atoms with Crippen molar-refractivity contribution in [3.8, 4) is 45.3 Å². The van der Waals surface area contributed by atoms with Gasteiger partial charge < -0.3 is 8.83 Å². The van der Waals surface area contributed by atoms with Crippen LogP contribution in [-0.4, -0.2) is 15.0 Å². The van der Waals surface area contributed by atoms with Crippen LogP contribution in [0.3, 0.4) is 0 Å². The molecule has 5 nitrogen and oxygen atoms in total. The zero-order chi connectivity index (χ0) is 36.7. The standard InChI is InChI=1S/C51H29N3O2/c1-2-13-30(14-3-1)35-27-28-40(47-38-20-9-11-23-43(38)56-48(35)47)50-52-49(39-21-12-24-44-46(39)37-19-8-10-22-42(37)55-44)53-51(54-50)41-29-32-16-5-7-18-34(32)45-33-17-6-4-15-31(33)25-26-36(41)45/h1-29H. The van der Waals surface area contributed by atoms with Crippen molar-refractivity contribution < 1.29 is 8.83 Å². The van der Waals surface area contributed by atoms with E-state index >= 15 is 0 Å². The fourth-order valence-corrected chi connectivity index (χ4v) is 8.61. The third-order valence-electron chi connectivity index (χ3n) is 11.1. The number of aromatic nitrogens is 3. The maximum absolute atomic E-state index is 6.69. The van der Waals surface area contributed by atoms with Crippen molar-refractivity contribution >= 4 is 76.2 Å². The number of hydrogen-bond donors (Lipinski definition) is 0. The summed E-state index contributed by atoms with van der Waals surface area (Å²) in [4.78, 5) is 16.2. The maximum atomic E-state index is 6.69. The van der Waals surface area contributed by atoms with E-state index in [-0.39, 0.29) is 0 Å². The number of para-hydroxylation sites is 2. The van der Waals surface area contributed by atoms with Crippen LogP contribution >= 0.6 is 0 Å². The summed E-state index contributed by atoms with van der Waals surface area (Å²) in [6.07, 6.45) is 0. The van der Waals surface area contributed by atoms with Crippen LogP contribution in [0, 0.1) is 0 Å². The summed E-state index contributed by atoms with van der Waals surface area (Å²) in [5, 5.41) is 10.9. The van der Waals surface area contributed by atoms with Gasteiger partial charge in [-0.2, -0.15) is 0 Å². The van der Waals surface area contributed by atoms with Crippen LogP contribution in [0.25, 0.3) is 121 Å². The van der Waals surface area contributed by atoms with Crippen molar-refractivity contribution in [2.45, 2.75) is 0 Å². The van der Waals surface area contributed by atoms with Gasteiger partial charge >= 0.3 is 0 Å². The first-order valence-electron chi connectivity index (χ1n) is 18.8. The van der Waals surface area contributed by atoms with Crippen molar-refractivity contribution in [1.29, 1.82) is 0 Å². The minimum atomic E-state index is 0.563. The Morgan fingerprint density at radius 1 is 0.304 bits per heavy atom. The van der Waals surface area contributed by atoms with Crippen LogP contribution in [-0.2, 0) is 0 Å². The highest BCUT2D eigenvalue weighted by molar-refractivity contribution is 6.24. The van der Waals surface area contributed by atoms with Crippen LogP contribution in [0.4, 0.5) is 0 Å². The first-order valence-corrected chi connectivity index (χ1v) is 18.8. The molecule has 56 heavy (non-hydrogen) atoms. The molecule has 0 aliphatic rings. The first-order chi connectivity index (χ1) is 27.8. The lowest BCUT2D eigenvalue weighted by molar-refractivity contribution is 0.669. The van der Waals surface area contributed by atoms with Crippen molar-refractivity contribution in [1.82, 2.24) is 15.0 Å². The molecule has 0 saturated carbocycles. The summed E-state index contributed by atoms with van der Waals surface area (Å²) in [6.45, 7) is 0. The zero-order valence-corrected chi connectivity index (χ0v) is 29.9. The number of benzene rings is 9. The molecule has 0 atom stereocenters. The third kappa shape index (κ3) is 4.58. The topological polar surface area (TPSA) is 65.0 Å². The minimum Gasteiger partial charge on any atom is -0.456 e. The van der Waals surface area contributed by atoms with Crippen molar-refractivity contribution in [3.05, 3.63) is 176 Å². The number of fused-ring (bicyclic) bond motifs is 11. The monoisotopic (exact) mass is 715 g/mol. The van der Waals surface area contributed by atoms with E-state index in [9.17, 15) is 0 Å². The second-order valence-electron chi connectivity index (χ2n) is 14.3. The fraction of sp³-hybridized carbons (Fsp3) is 0. The summed E-state index contributed by atoms with van der Waals surface area (Å²) in [5.41, 5.74) is 7.98. The quantitative estimate of drug-likeness (QED) is 0.170. The molecule has 0 bridgehead atoms. The van der Waals surface area contributed by atoms with Gasteiger partial charge in [-0.15, -0.1) is 0 Å². The number of rotatable bonds is 4.